The molecule has 0 unspecified atom stereocenters. The van der Waals surface area contributed by atoms with Crippen LogP contribution in [0.5, 0.6) is 0 Å². The zero-order valence-corrected chi connectivity index (χ0v) is 21.7. The third-order valence-corrected chi connectivity index (χ3v) is 11.3. The van der Waals surface area contributed by atoms with Crippen LogP contribution in [0.4, 0.5) is 5.69 Å². The molecule has 0 aromatic heterocycles. The molecule has 0 heterocycles. The lowest BCUT2D eigenvalue weighted by atomic mass is 10.1. The number of fused-ring (bicyclic) bond motifs is 1. The van der Waals surface area contributed by atoms with Crippen molar-refractivity contribution in [1.82, 2.24) is 0 Å². The number of hydrogen-bond acceptors (Lipinski definition) is 4. The first-order valence-electron chi connectivity index (χ1n) is 11.6. The lowest BCUT2D eigenvalue weighted by molar-refractivity contribution is 0.509. The Morgan fingerprint density at radius 3 is 1.44 bits per heavy atom. The van der Waals surface area contributed by atoms with Gasteiger partial charge in [-0.3, -0.25) is 0 Å². The Labute approximate surface area is 214 Å². The molecule has 0 aliphatic carbocycles. The van der Waals surface area contributed by atoms with Gasteiger partial charge in [0.25, 0.3) is 0 Å². The fourth-order valence-corrected chi connectivity index (χ4v) is 9.85. The van der Waals surface area contributed by atoms with E-state index >= 15 is 0 Å². The van der Waals surface area contributed by atoms with Crippen molar-refractivity contribution in [2.75, 3.05) is 19.0 Å². The maximum Gasteiger partial charge on any atom is 0.307 e. The third-order valence-electron chi connectivity index (χ3n) is 6.03. The van der Waals surface area contributed by atoms with Crippen LogP contribution in [0, 0.1) is 0 Å². The summed E-state index contributed by atoms with van der Waals surface area (Å²) < 4.78 is 35.0. The summed E-state index contributed by atoms with van der Waals surface area (Å²) in [6, 6.07) is 40.0. The highest BCUT2D eigenvalue weighted by atomic mass is 32.3. The van der Waals surface area contributed by atoms with E-state index in [-0.39, 0.29) is 4.90 Å². The van der Waals surface area contributed by atoms with Crippen LogP contribution in [0.15, 0.2) is 147 Å². The van der Waals surface area contributed by atoms with Crippen molar-refractivity contribution in [2.45, 2.75) is 19.6 Å². The van der Waals surface area contributed by atoms with E-state index in [4.69, 9.17) is 3.63 Å². The molecule has 6 heteroatoms. The van der Waals surface area contributed by atoms with Crippen molar-refractivity contribution < 1.29 is 12.0 Å². The van der Waals surface area contributed by atoms with Crippen LogP contribution in [0.25, 0.3) is 10.8 Å². The second-order valence-electron chi connectivity index (χ2n) is 8.54. The highest BCUT2D eigenvalue weighted by Crippen LogP contribution is 2.70. The molecule has 5 aromatic carbocycles. The summed E-state index contributed by atoms with van der Waals surface area (Å²) in [4.78, 5) is 4.55. The van der Waals surface area contributed by atoms with Gasteiger partial charge in [-0.2, -0.15) is 8.42 Å². The van der Waals surface area contributed by atoms with Crippen molar-refractivity contribution in [3.05, 3.63) is 127 Å². The number of hydrogen-bond donors (Lipinski definition) is 0. The van der Waals surface area contributed by atoms with Gasteiger partial charge in [0.15, 0.2) is 0 Å². The molecule has 0 spiro atoms. The van der Waals surface area contributed by atoms with Crippen LogP contribution < -0.4 is 4.90 Å². The molecule has 0 amide bonds. The van der Waals surface area contributed by atoms with Gasteiger partial charge in [0, 0.05) is 45.2 Å². The second kappa shape index (κ2) is 9.82. The van der Waals surface area contributed by atoms with Crippen molar-refractivity contribution in [3.63, 3.8) is 0 Å². The average molecular weight is 514 g/mol. The Hall–Kier alpha value is -3.58. The predicted molar refractivity (Wildman–Crippen MR) is 148 cm³/mol. The third kappa shape index (κ3) is 4.28. The molecule has 0 bridgehead atoms. The molecule has 0 fully saturated rings. The molecular weight excluding hydrogens is 486 g/mol. The molecule has 5 rings (SSSR count). The van der Waals surface area contributed by atoms with Gasteiger partial charge in [-0.1, -0.05) is 78.9 Å². The van der Waals surface area contributed by atoms with Gasteiger partial charge in [0.1, 0.15) is 4.90 Å². The Morgan fingerprint density at radius 2 is 0.972 bits per heavy atom. The molecule has 182 valence electrons. The Bertz CT molecular complexity index is 1490. The number of anilines is 1. The summed E-state index contributed by atoms with van der Waals surface area (Å²) in [7, 11) is -2.95. The highest BCUT2D eigenvalue weighted by molar-refractivity contribution is 8.33. The fraction of sp³-hybridized carbons (Fsp3) is 0.0667. The summed E-state index contributed by atoms with van der Waals surface area (Å²) in [5.74, 6) is 0. The molecule has 0 N–H and O–H groups in total. The van der Waals surface area contributed by atoms with Crippen LogP contribution in [0.2, 0.25) is 0 Å². The number of benzene rings is 5. The molecule has 0 aliphatic heterocycles. The van der Waals surface area contributed by atoms with Gasteiger partial charge in [-0.25, -0.2) is 3.63 Å². The van der Waals surface area contributed by atoms with Gasteiger partial charge in [-0.05, 0) is 58.8 Å². The quantitative estimate of drug-likeness (QED) is 0.226. The molecule has 4 nitrogen and oxygen atoms in total. The predicted octanol–water partition coefficient (Wildman–Crippen LogP) is 7.51. The summed E-state index contributed by atoms with van der Waals surface area (Å²) in [5, 5.41) is 1.48. The zero-order chi connectivity index (χ0) is 25.2. The molecule has 0 radical (unpaired) electrons. The smallest absolute Gasteiger partial charge is 0.307 e. The lowest BCUT2D eigenvalue weighted by Gasteiger charge is -2.39. The first kappa shape index (κ1) is 24.1. The second-order valence-corrected chi connectivity index (χ2v) is 13.0. The van der Waals surface area contributed by atoms with E-state index in [0.29, 0.717) is 5.39 Å². The number of rotatable bonds is 7. The molecular formula is C30H27NO3S2. The largest absolute Gasteiger partial charge is 0.377 e. The molecule has 0 saturated carbocycles. The van der Waals surface area contributed by atoms with Crippen LogP contribution >= 0.6 is 10.3 Å². The monoisotopic (exact) mass is 513 g/mol. The molecule has 0 saturated heterocycles. The summed E-state index contributed by atoms with van der Waals surface area (Å²) in [6.45, 7) is 0. The molecule has 36 heavy (non-hydrogen) atoms. The maximum absolute atomic E-state index is 14.2. The topological polar surface area (TPSA) is 46.6 Å². The normalized spacial score (nSPS) is 12.4. The Balaban J connectivity index is 1.79. The van der Waals surface area contributed by atoms with E-state index in [1.54, 1.807) is 12.1 Å². The minimum atomic E-state index is -4.21. The lowest BCUT2D eigenvalue weighted by Crippen LogP contribution is -2.15. The van der Waals surface area contributed by atoms with Gasteiger partial charge < -0.3 is 4.90 Å². The minimum absolute atomic E-state index is 0.156. The van der Waals surface area contributed by atoms with Gasteiger partial charge in [-0.15, -0.1) is 0 Å². The van der Waals surface area contributed by atoms with Crippen molar-refractivity contribution >= 4 is 36.9 Å². The van der Waals surface area contributed by atoms with Gasteiger partial charge >= 0.3 is 10.1 Å². The van der Waals surface area contributed by atoms with Crippen molar-refractivity contribution in [1.29, 1.82) is 0 Å². The van der Waals surface area contributed by atoms with E-state index in [2.05, 4.69) is 0 Å². The van der Waals surface area contributed by atoms with E-state index in [0.717, 1.165) is 25.8 Å². The van der Waals surface area contributed by atoms with Gasteiger partial charge in [0.2, 0.25) is 0 Å². The SMILES string of the molecule is CN(C)c1cccc2c(S(=O)(=O)OS(c3ccccc3)(c3ccccc3)c3ccccc3)cccc12. The molecule has 0 atom stereocenters. The van der Waals surface area contributed by atoms with E-state index < -0.39 is 20.4 Å². The van der Waals surface area contributed by atoms with Crippen molar-refractivity contribution in [3.8, 4) is 0 Å². The van der Waals surface area contributed by atoms with Crippen LogP contribution in [0.1, 0.15) is 0 Å². The summed E-state index contributed by atoms with van der Waals surface area (Å²) >= 11 is 0. The standard InChI is InChI=1S/C30H27NO3S2/c1-31(2)29-22-12-21-28-27(29)20-13-23-30(28)36(32,33)34-35(24-14-6-3-7-15-24,25-16-8-4-9-17-25)26-18-10-5-11-19-26/h3-23H,1-2H3. The van der Waals surface area contributed by atoms with Crippen LogP contribution in [-0.4, -0.2) is 22.5 Å². The van der Waals surface area contributed by atoms with Crippen molar-refractivity contribution in [2.24, 2.45) is 0 Å². The first-order chi connectivity index (χ1) is 17.4. The fourth-order valence-electron chi connectivity index (χ4n) is 4.41. The van der Waals surface area contributed by atoms with E-state index in [1.165, 1.54) is 0 Å². The van der Waals surface area contributed by atoms with E-state index in [1.807, 2.05) is 134 Å². The number of nitrogens with zero attached hydrogens (tertiary/aromatic N) is 1. The first-order valence-corrected chi connectivity index (χ1v) is 14.5. The maximum atomic E-state index is 14.2. The molecule has 5 aromatic rings. The highest BCUT2D eigenvalue weighted by Gasteiger charge is 2.38. The minimum Gasteiger partial charge on any atom is -0.377 e. The summed E-state index contributed by atoms with van der Waals surface area (Å²) in [5.41, 5.74) is 0.942. The Morgan fingerprint density at radius 1 is 0.528 bits per heavy atom. The molecule has 0 aliphatic rings. The van der Waals surface area contributed by atoms with Gasteiger partial charge in [0.05, 0.1) is 0 Å². The van der Waals surface area contributed by atoms with Crippen LogP contribution in [0.3, 0.4) is 0 Å². The average Bonchev–Trinajstić information content (AvgIpc) is 2.92. The zero-order valence-electron chi connectivity index (χ0n) is 20.1. The van der Waals surface area contributed by atoms with E-state index in [9.17, 15) is 8.42 Å². The summed E-state index contributed by atoms with van der Waals surface area (Å²) in [6.07, 6.45) is 0. The van der Waals surface area contributed by atoms with Crippen LogP contribution in [-0.2, 0) is 13.7 Å². The Kier molecular flexibility index (Phi) is 6.58.